The number of likely N-dealkylation sites (tertiary alicyclic amines) is 1. The van der Waals surface area contributed by atoms with Gasteiger partial charge in [0, 0.05) is 51.0 Å². The number of carbonyl (C=O) groups excluding carboxylic acids is 1. The van der Waals surface area contributed by atoms with Crippen LogP contribution in [-0.4, -0.2) is 48.5 Å². The minimum Gasteiger partial charge on any atom is -0.490 e. The molecule has 120 valence electrons. The largest absolute Gasteiger partial charge is 0.490 e. The van der Waals surface area contributed by atoms with Gasteiger partial charge in [0.2, 0.25) is 5.91 Å². The summed E-state index contributed by atoms with van der Waals surface area (Å²) < 4.78 is 5.83. The molecule has 22 heavy (non-hydrogen) atoms. The number of carbonyl (C=O) groups is 1. The normalized spacial score (nSPS) is 15.6. The summed E-state index contributed by atoms with van der Waals surface area (Å²) >= 11 is 0. The standard InChI is InChI=1S/C15H21N3O4/c1-16-9-6-15(19)17-10-7-14(8-11-17)22-13-4-2-12(3-5-13)18(20)21/h2-5,14,16H,6-11H2,1H3. The molecule has 0 radical (unpaired) electrons. The number of amides is 1. The summed E-state index contributed by atoms with van der Waals surface area (Å²) in [5.74, 6) is 0.800. The predicted octanol–water partition coefficient (Wildman–Crippen LogP) is 1.57. The van der Waals surface area contributed by atoms with Gasteiger partial charge in [-0.2, -0.15) is 0 Å². The van der Waals surface area contributed by atoms with Crippen LogP contribution in [0.25, 0.3) is 0 Å². The molecule has 1 aliphatic heterocycles. The smallest absolute Gasteiger partial charge is 0.269 e. The summed E-state index contributed by atoms with van der Waals surface area (Å²) in [5.41, 5.74) is 0.0531. The summed E-state index contributed by atoms with van der Waals surface area (Å²) in [6, 6.07) is 6.10. The van der Waals surface area contributed by atoms with Crippen LogP contribution in [0.3, 0.4) is 0 Å². The molecule has 7 nitrogen and oxygen atoms in total. The number of nitrogens with one attached hydrogen (secondary N) is 1. The molecular formula is C15H21N3O4. The van der Waals surface area contributed by atoms with E-state index in [0.717, 1.165) is 12.8 Å². The summed E-state index contributed by atoms with van der Waals surface area (Å²) in [5, 5.41) is 13.6. The Morgan fingerprint density at radius 1 is 1.36 bits per heavy atom. The van der Waals surface area contributed by atoms with Crippen molar-refractivity contribution < 1.29 is 14.5 Å². The van der Waals surface area contributed by atoms with Crippen LogP contribution in [0.1, 0.15) is 19.3 Å². The molecule has 1 fully saturated rings. The molecule has 0 aliphatic carbocycles. The van der Waals surface area contributed by atoms with E-state index in [1.807, 2.05) is 11.9 Å². The molecule has 0 aromatic heterocycles. The number of nitro groups is 1. The number of hydrogen-bond donors (Lipinski definition) is 1. The van der Waals surface area contributed by atoms with E-state index in [0.29, 0.717) is 31.8 Å². The molecule has 1 amide bonds. The van der Waals surface area contributed by atoms with Gasteiger partial charge in [-0.3, -0.25) is 14.9 Å². The van der Waals surface area contributed by atoms with Crippen LogP contribution in [0.15, 0.2) is 24.3 Å². The van der Waals surface area contributed by atoms with Gasteiger partial charge in [0.25, 0.3) is 5.69 Å². The monoisotopic (exact) mass is 307 g/mol. The third-order valence-corrected chi connectivity index (χ3v) is 3.73. The molecule has 0 bridgehead atoms. The number of benzene rings is 1. The summed E-state index contributed by atoms with van der Waals surface area (Å²) in [4.78, 5) is 23.9. The highest BCUT2D eigenvalue weighted by molar-refractivity contribution is 5.76. The van der Waals surface area contributed by atoms with E-state index < -0.39 is 4.92 Å². The van der Waals surface area contributed by atoms with Crippen LogP contribution >= 0.6 is 0 Å². The Balaban J connectivity index is 1.79. The Morgan fingerprint density at radius 2 is 2.00 bits per heavy atom. The first-order chi connectivity index (χ1) is 10.6. The Bertz CT molecular complexity index is 510. The first-order valence-corrected chi connectivity index (χ1v) is 7.43. The number of hydrogen-bond acceptors (Lipinski definition) is 5. The summed E-state index contributed by atoms with van der Waals surface area (Å²) in [6.07, 6.45) is 2.13. The average Bonchev–Trinajstić information content (AvgIpc) is 2.54. The fourth-order valence-electron chi connectivity index (χ4n) is 2.45. The van der Waals surface area contributed by atoms with Crippen LogP contribution in [0.2, 0.25) is 0 Å². The lowest BCUT2D eigenvalue weighted by molar-refractivity contribution is -0.384. The molecule has 2 rings (SSSR count). The highest BCUT2D eigenvalue weighted by atomic mass is 16.6. The number of rotatable bonds is 6. The maximum atomic E-state index is 11.9. The van der Waals surface area contributed by atoms with Crippen molar-refractivity contribution >= 4 is 11.6 Å². The van der Waals surface area contributed by atoms with Gasteiger partial charge in [-0.05, 0) is 19.2 Å². The number of non-ortho nitro benzene ring substituents is 1. The van der Waals surface area contributed by atoms with Crippen LogP contribution in [-0.2, 0) is 4.79 Å². The van der Waals surface area contributed by atoms with Gasteiger partial charge in [0.15, 0.2) is 0 Å². The molecule has 1 heterocycles. The highest BCUT2D eigenvalue weighted by Crippen LogP contribution is 2.22. The quantitative estimate of drug-likeness (QED) is 0.637. The van der Waals surface area contributed by atoms with Crippen molar-refractivity contribution in [2.75, 3.05) is 26.7 Å². The van der Waals surface area contributed by atoms with E-state index in [2.05, 4.69) is 5.32 Å². The zero-order valence-electron chi connectivity index (χ0n) is 12.7. The zero-order chi connectivity index (χ0) is 15.9. The third kappa shape index (κ3) is 4.42. The topological polar surface area (TPSA) is 84.7 Å². The Hall–Kier alpha value is -2.15. The molecule has 0 unspecified atom stereocenters. The fraction of sp³-hybridized carbons (Fsp3) is 0.533. The predicted molar refractivity (Wildman–Crippen MR) is 81.9 cm³/mol. The molecule has 0 saturated carbocycles. The molecule has 1 aromatic carbocycles. The van der Waals surface area contributed by atoms with E-state index in [-0.39, 0.29) is 17.7 Å². The number of nitro benzene ring substituents is 1. The van der Waals surface area contributed by atoms with E-state index in [9.17, 15) is 14.9 Å². The lowest BCUT2D eigenvalue weighted by Gasteiger charge is -2.32. The molecule has 0 spiro atoms. The summed E-state index contributed by atoms with van der Waals surface area (Å²) in [6.45, 7) is 2.08. The lowest BCUT2D eigenvalue weighted by Crippen LogP contribution is -2.42. The van der Waals surface area contributed by atoms with Gasteiger partial charge >= 0.3 is 0 Å². The van der Waals surface area contributed by atoms with E-state index in [4.69, 9.17) is 4.74 Å². The van der Waals surface area contributed by atoms with Crippen molar-refractivity contribution in [2.45, 2.75) is 25.4 Å². The van der Waals surface area contributed by atoms with Gasteiger partial charge < -0.3 is 15.0 Å². The molecule has 1 aliphatic rings. The molecular weight excluding hydrogens is 286 g/mol. The van der Waals surface area contributed by atoms with Gasteiger partial charge in [-0.1, -0.05) is 0 Å². The minimum atomic E-state index is -0.432. The lowest BCUT2D eigenvalue weighted by atomic mass is 10.1. The maximum absolute atomic E-state index is 11.9. The fourth-order valence-corrected chi connectivity index (χ4v) is 2.45. The van der Waals surface area contributed by atoms with E-state index in [1.165, 1.54) is 12.1 Å². The number of piperidine rings is 1. The Morgan fingerprint density at radius 3 is 2.55 bits per heavy atom. The Kier molecular flexibility index (Phi) is 5.71. The second-order valence-electron chi connectivity index (χ2n) is 5.30. The van der Waals surface area contributed by atoms with Gasteiger partial charge in [0.05, 0.1) is 4.92 Å². The van der Waals surface area contributed by atoms with E-state index in [1.54, 1.807) is 12.1 Å². The molecule has 1 N–H and O–H groups in total. The Labute approximate surface area is 129 Å². The molecule has 1 saturated heterocycles. The van der Waals surface area contributed by atoms with Gasteiger partial charge in [0.1, 0.15) is 11.9 Å². The average molecular weight is 307 g/mol. The second-order valence-corrected chi connectivity index (χ2v) is 5.30. The molecule has 1 aromatic rings. The minimum absolute atomic E-state index is 0.0507. The first-order valence-electron chi connectivity index (χ1n) is 7.43. The van der Waals surface area contributed by atoms with Crippen LogP contribution in [0, 0.1) is 10.1 Å². The zero-order valence-corrected chi connectivity index (χ0v) is 12.7. The van der Waals surface area contributed by atoms with Gasteiger partial charge in [-0.15, -0.1) is 0 Å². The molecule has 7 heteroatoms. The number of nitrogens with zero attached hydrogens (tertiary/aromatic N) is 2. The number of ether oxygens (including phenoxy) is 1. The first kappa shape index (κ1) is 16.2. The van der Waals surface area contributed by atoms with Crippen molar-refractivity contribution in [3.63, 3.8) is 0 Å². The van der Waals surface area contributed by atoms with Crippen molar-refractivity contribution in [3.05, 3.63) is 34.4 Å². The second kappa shape index (κ2) is 7.74. The van der Waals surface area contributed by atoms with Crippen molar-refractivity contribution in [3.8, 4) is 5.75 Å². The maximum Gasteiger partial charge on any atom is 0.269 e. The van der Waals surface area contributed by atoms with Crippen molar-refractivity contribution in [1.29, 1.82) is 0 Å². The third-order valence-electron chi connectivity index (χ3n) is 3.73. The van der Waals surface area contributed by atoms with Crippen LogP contribution in [0.4, 0.5) is 5.69 Å². The van der Waals surface area contributed by atoms with Crippen LogP contribution < -0.4 is 10.1 Å². The van der Waals surface area contributed by atoms with Crippen LogP contribution in [0.5, 0.6) is 5.75 Å². The van der Waals surface area contributed by atoms with Crippen molar-refractivity contribution in [1.82, 2.24) is 10.2 Å². The summed E-state index contributed by atoms with van der Waals surface area (Å²) in [7, 11) is 1.83. The van der Waals surface area contributed by atoms with Crippen molar-refractivity contribution in [2.24, 2.45) is 0 Å². The van der Waals surface area contributed by atoms with Gasteiger partial charge in [-0.25, -0.2) is 0 Å². The molecule has 0 atom stereocenters. The SMILES string of the molecule is CNCCC(=O)N1CCC(Oc2ccc([N+](=O)[O-])cc2)CC1. The highest BCUT2D eigenvalue weighted by Gasteiger charge is 2.23. The van der Waals surface area contributed by atoms with E-state index >= 15 is 0 Å².